The van der Waals surface area contributed by atoms with Crippen molar-refractivity contribution in [3.8, 4) is 0 Å². The summed E-state index contributed by atoms with van der Waals surface area (Å²) in [5.41, 5.74) is 9.44. The van der Waals surface area contributed by atoms with Crippen LogP contribution < -0.4 is 16.0 Å². The van der Waals surface area contributed by atoms with Crippen molar-refractivity contribution in [3.63, 3.8) is 0 Å². The van der Waals surface area contributed by atoms with Gasteiger partial charge in [-0.25, -0.2) is 0 Å². The van der Waals surface area contributed by atoms with Gasteiger partial charge in [0.2, 0.25) is 0 Å². The molecular formula is C24H43N3. The van der Waals surface area contributed by atoms with Crippen molar-refractivity contribution in [1.29, 1.82) is 0 Å². The van der Waals surface area contributed by atoms with Gasteiger partial charge in [-0.3, -0.25) is 0 Å². The Kier molecular flexibility index (Phi) is 10.5. The average Bonchev–Trinajstić information content (AvgIpc) is 2.60. The summed E-state index contributed by atoms with van der Waals surface area (Å²) >= 11 is 0. The molecule has 0 amide bonds. The zero-order valence-corrected chi connectivity index (χ0v) is 18.5. The first-order valence-corrected chi connectivity index (χ1v) is 10.6. The van der Waals surface area contributed by atoms with Gasteiger partial charge >= 0.3 is 0 Å². The van der Waals surface area contributed by atoms with Gasteiger partial charge < -0.3 is 16.0 Å². The molecule has 0 heterocycles. The predicted octanol–water partition coefficient (Wildman–Crippen LogP) is 5.50. The fraction of sp³-hybridized carbons (Fsp3) is 0.667. The molecule has 154 valence electrons. The third-order valence-electron chi connectivity index (χ3n) is 4.99. The van der Waals surface area contributed by atoms with E-state index in [-0.39, 0.29) is 0 Å². The molecule has 0 bridgehead atoms. The van der Waals surface area contributed by atoms with Gasteiger partial charge in [-0.15, -0.1) is 0 Å². The van der Waals surface area contributed by atoms with Gasteiger partial charge in [0.05, 0.1) is 0 Å². The maximum atomic E-state index is 5.34. The Bertz CT molecular complexity index is 522. The highest BCUT2D eigenvalue weighted by Gasteiger charge is 2.15. The summed E-state index contributed by atoms with van der Waals surface area (Å²) in [5, 5.41) is 3.17. The minimum Gasteiger partial charge on any atom is -0.388 e. The number of nitrogens with two attached hydrogens (primary N) is 1. The fourth-order valence-corrected chi connectivity index (χ4v) is 3.61. The standard InChI is InChI=1S/C15H23N.C9H20N2/c1-13-8-10-15(11-9-13)16(2)12-14-6-4-3-5-7-14;1-8(11-6-5-10)7-9(2,3)4/h8-11,14H,3-7,12H2,1-2H3;11H,1,5-7,10H2,2-4H3. The quantitative estimate of drug-likeness (QED) is 0.663. The summed E-state index contributed by atoms with van der Waals surface area (Å²) < 4.78 is 0. The topological polar surface area (TPSA) is 41.3 Å². The first-order chi connectivity index (χ1) is 12.7. The van der Waals surface area contributed by atoms with E-state index in [1.54, 1.807) is 0 Å². The van der Waals surface area contributed by atoms with Crippen molar-refractivity contribution in [1.82, 2.24) is 5.32 Å². The Morgan fingerprint density at radius 2 is 1.74 bits per heavy atom. The molecule has 1 aliphatic rings. The van der Waals surface area contributed by atoms with E-state index in [4.69, 9.17) is 5.73 Å². The van der Waals surface area contributed by atoms with Gasteiger partial charge in [0.25, 0.3) is 0 Å². The Labute approximate surface area is 168 Å². The van der Waals surface area contributed by atoms with Crippen LogP contribution in [-0.4, -0.2) is 26.7 Å². The van der Waals surface area contributed by atoms with Gasteiger partial charge in [-0.2, -0.15) is 0 Å². The lowest BCUT2D eigenvalue weighted by atomic mass is 9.89. The van der Waals surface area contributed by atoms with Crippen LogP contribution in [-0.2, 0) is 0 Å². The molecule has 3 N–H and O–H groups in total. The van der Waals surface area contributed by atoms with Crippen LogP contribution in [0.4, 0.5) is 5.69 Å². The number of allylic oxidation sites excluding steroid dienone is 1. The fourth-order valence-electron chi connectivity index (χ4n) is 3.61. The molecule has 0 spiro atoms. The lowest BCUT2D eigenvalue weighted by Gasteiger charge is -2.28. The largest absolute Gasteiger partial charge is 0.388 e. The molecule has 1 aromatic rings. The molecule has 27 heavy (non-hydrogen) atoms. The number of aryl methyl sites for hydroxylation is 1. The van der Waals surface area contributed by atoms with E-state index in [1.807, 2.05) is 0 Å². The van der Waals surface area contributed by atoms with Gasteiger partial charge in [0, 0.05) is 38.1 Å². The van der Waals surface area contributed by atoms with Crippen LogP contribution in [0.3, 0.4) is 0 Å². The zero-order valence-electron chi connectivity index (χ0n) is 18.5. The summed E-state index contributed by atoms with van der Waals surface area (Å²) in [5.74, 6) is 0.917. The third-order valence-corrected chi connectivity index (χ3v) is 4.99. The zero-order chi connectivity index (χ0) is 20.3. The van der Waals surface area contributed by atoms with Gasteiger partial charge in [-0.1, -0.05) is 64.3 Å². The molecule has 3 nitrogen and oxygen atoms in total. The molecule has 0 aliphatic heterocycles. The van der Waals surface area contributed by atoms with E-state index in [0.29, 0.717) is 12.0 Å². The van der Waals surface area contributed by atoms with Gasteiger partial charge in [0.15, 0.2) is 0 Å². The number of hydrogen-bond acceptors (Lipinski definition) is 3. The maximum absolute atomic E-state index is 5.34. The van der Waals surface area contributed by atoms with Crippen molar-refractivity contribution < 1.29 is 0 Å². The monoisotopic (exact) mass is 373 g/mol. The summed E-state index contributed by atoms with van der Waals surface area (Å²) in [7, 11) is 2.22. The molecule has 0 unspecified atom stereocenters. The highest BCUT2D eigenvalue weighted by molar-refractivity contribution is 5.46. The maximum Gasteiger partial charge on any atom is 0.0363 e. The van der Waals surface area contributed by atoms with Crippen LogP contribution in [0.5, 0.6) is 0 Å². The molecule has 1 saturated carbocycles. The normalized spacial score (nSPS) is 14.9. The smallest absolute Gasteiger partial charge is 0.0363 e. The molecule has 1 aromatic carbocycles. The van der Waals surface area contributed by atoms with E-state index in [2.05, 4.69) is 75.8 Å². The summed E-state index contributed by atoms with van der Waals surface area (Å²) in [6.45, 7) is 15.4. The Morgan fingerprint density at radius 3 is 2.26 bits per heavy atom. The molecular weight excluding hydrogens is 330 g/mol. The molecule has 1 fully saturated rings. The van der Waals surface area contributed by atoms with Crippen LogP contribution in [0.15, 0.2) is 36.5 Å². The minimum atomic E-state index is 0.318. The van der Waals surface area contributed by atoms with Crippen LogP contribution in [0.2, 0.25) is 0 Å². The first-order valence-electron chi connectivity index (χ1n) is 10.6. The number of rotatable bonds is 7. The minimum absolute atomic E-state index is 0.318. The average molecular weight is 374 g/mol. The van der Waals surface area contributed by atoms with E-state index < -0.39 is 0 Å². The number of anilines is 1. The van der Waals surface area contributed by atoms with Crippen molar-refractivity contribution in [2.45, 2.75) is 66.2 Å². The Hall–Kier alpha value is -1.48. The highest BCUT2D eigenvalue weighted by atomic mass is 15.1. The first kappa shape index (κ1) is 23.6. The lowest BCUT2D eigenvalue weighted by molar-refractivity contribution is 0.362. The molecule has 0 radical (unpaired) electrons. The van der Waals surface area contributed by atoms with Crippen LogP contribution in [0.1, 0.15) is 64.9 Å². The Morgan fingerprint density at radius 1 is 1.15 bits per heavy atom. The van der Waals surface area contributed by atoms with Crippen molar-refractivity contribution >= 4 is 5.69 Å². The highest BCUT2D eigenvalue weighted by Crippen LogP contribution is 2.26. The SMILES string of the molecule is C=C(CC(C)(C)C)NCCN.Cc1ccc(N(C)CC2CCCCC2)cc1. The van der Waals surface area contributed by atoms with Crippen molar-refractivity contribution in [2.75, 3.05) is 31.6 Å². The van der Waals surface area contributed by atoms with E-state index in [9.17, 15) is 0 Å². The number of nitrogens with one attached hydrogen (secondary N) is 1. The number of benzene rings is 1. The van der Waals surface area contributed by atoms with Crippen LogP contribution >= 0.6 is 0 Å². The summed E-state index contributed by atoms with van der Waals surface area (Å²) in [6, 6.07) is 8.87. The van der Waals surface area contributed by atoms with Gasteiger partial charge in [0.1, 0.15) is 0 Å². The van der Waals surface area contributed by atoms with Crippen LogP contribution in [0, 0.1) is 18.3 Å². The number of nitrogens with zero attached hydrogens (tertiary/aromatic N) is 1. The lowest BCUT2D eigenvalue weighted by Crippen LogP contribution is -2.26. The van der Waals surface area contributed by atoms with E-state index in [0.717, 1.165) is 24.6 Å². The molecule has 1 aliphatic carbocycles. The van der Waals surface area contributed by atoms with E-state index >= 15 is 0 Å². The molecule has 0 saturated heterocycles. The molecule has 0 atom stereocenters. The second-order valence-electron chi connectivity index (χ2n) is 9.28. The second kappa shape index (κ2) is 12.1. The predicted molar refractivity (Wildman–Crippen MR) is 121 cm³/mol. The molecule has 3 heteroatoms. The third kappa shape index (κ3) is 11.1. The molecule has 2 rings (SSSR count). The number of hydrogen-bond donors (Lipinski definition) is 2. The van der Waals surface area contributed by atoms with Crippen molar-refractivity contribution in [2.24, 2.45) is 17.1 Å². The van der Waals surface area contributed by atoms with Crippen molar-refractivity contribution in [3.05, 3.63) is 42.1 Å². The summed E-state index contributed by atoms with van der Waals surface area (Å²) in [4.78, 5) is 2.41. The molecule has 0 aromatic heterocycles. The van der Waals surface area contributed by atoms with E-state index in [1.165, 1.54) is 49.9 Å². The Balaban J connectivity index is 0.000000293. The van der Waals surface area contributed by atoms with Crippen LogP contribution in [0.25, 0.3) is 0 Å². The van der Waals surface area contributed by atoms with Gasteiger partial charge in [-0.05, 0) is 49.7 Å². The summed E-state index contributed by atoms with van der Waals surface area (Å²) in [6.07, 6.45) is 8.18. The second-order valence-corrected chi connectivity index (χ2v) is 9.28.